The predicted octanol–water partition coefficient (Wildman–Crippen LogP) is 2.63. The molecule has 0 spiro atoms. The van der Waals surface area contributed by atoms with Crippen molar-refractivity contribution in [3.05, 3.63) is 0 Å². The molecule has 0 aromatic rings. The summed E-state index contributed by atoms with van der Waals surface area (Å²) in [5.41, 5.74) is 0. The largest absolute Gasteiger partial charge is 0.449 e. The smallest absolute Gasteiger partial charge is 0.409 e. The van der Waals surface area contributed by atoms with Gasteiger partial charge in [-0.15, -0.1) is 11.8 Å². The van der Waals surface area contributed by atoms with Crippen LogP contribution in [0, 0.1) is 0 Å². The van der Waals surface area contributed by atoms with Crippen molar-refractivity contribution in [3.8, 4) is 0 Å². The molecule has 7 nitrogen and oxygen atoms in total. The van der Waals surface area contributed by atoms with Crippen LogP contribution >= 0.6 is 11.8 Å². The van der Waals surface area contributed by atoms with Crippen LogP contribution in [0.1, 0.15) is 59.8 Å². The first kappa shape index (κ1) is 19.9. The minimum atomic E-state index is -0.813. The normalized spacial score (nSPS) is 25.0. The number of thioether (sulfide) groups is 1. The number of β-lactam (4-membered cyclic amide) rings is 1. The van der Waals surface area contributed by atoms with Gasteiger partial charge < -0.3 is 14.4 Å². The zero-order valence-electron chi connectivity index (χ0n) is 15.4. The third-order valence-corrected chi connectivity index (χ3v) is 5.89. The van der Waals surface area contributed by atoms with Crippen LogP contribution in [-0.4, -0.2) is 51.9 Å². The molecule has 142 valence electrons. The number of rotatable bonds is 8. The van der Waals surface area contributed by atoms with Crippen LogP contribution < -0.4 is 5.32 Å². The van der Waals surface area contributed by atoms with Gasteiger partial charge in [-0.05, 0) is 27.2 Å². The first-order valence-corrected chi connectivity index (χ1v) is 9.77. The molecule has 3 atom stereocenters. The van der Waals surface area contributed by atoms with Gasteiger partial charge in [-0.2, -0.15) is 0 Å². The van der Waals surface area contributed by atoms with Gasteiger partial charge in [0.1, 0.15) is 6.04 Å². The standard InChI is InChI=1S/C17H28N2O5S/c1-5-6-7-8-9-23-16(22)18-11(2)24-15(21)14-17(3,4)25-13-10-12(20)19(13)14/h11,13-14H,5-10H2,1-4H3,(H,18,22)/t11?,13-,14+/m1/s1. The first-order chi connectivity index (χ1) is 11.8. The minimum Gasteiger partial charge on any atom is -0.449 e. The molecule has 0 bridgehead atoms. The lowest BCUT2D eigenvalue weighted by Crippen LogP contribution is -2.58. The fourth-order valence-electron chi connectivity index (χ4n) is 3.13. The van der Waals surface area contributed by atoms with Gasteiger partial charge >= 0.3 is 12.1 Å². The highest BCUT2D eigenvalue weighted by Gasteiger charge is 2.59. The van der Waals surface area contributed by atoms with Gasteiger partial charge in [-0.3, -0.25) is 10.1 Å². The number of ether oxygens (including phenoxy) is 2. The highest BCUT2D eigenvalue weighted by Crippen LogP contribution is 2.50. The summed E-state index contributed by atoms with van der Waals surface area (Å²) in [4.78, 5) is 37.6. The summed E-state index contributed by atoms with van der Waals surface area (Å²) < 4.78 is 9.98. The molecule has 2 amide bonds. The molecular formula is C17H28N2O5S. The zero-order chi connectivity index (χ0) is 18.6. The van der Waals surface area contributed by atoms with E-state index in [0.717, 1.165) is 25.7 Å². The van der Waals surface area contributed by atoms with Gasteiger partial charge in [0.25, 0.3) is 0 Å². The van der Waals surface area contributed by atoms with E-state index in [1.54, 1.807) is 23.6 Å². The number of hydrogen-bond acceptors (Lipinski definition) is 6. The van der Waals surface area contributed by atoms with Crippen LogP contribution in [0.25, 0.3) is 0 Å². The Balaban J connectivity index is 1.76. The fourth-order valence-corrected chi connectivity index (χ4v) is 4.75. The lowest BCUT2D eigenvalue weighted by molar-refractivity contribution is -0.165. The Morgan fingerprint density at radius 1 is 1.36 bits per heavy atom. The van der Waals surface area contributed by atoms with E-state index in [0.29, 0.717) is 13.0 Å². The number of carbonyl (C=O) groups excluding carboxylic acids is 3. The van der Waals surface area contributed by atoms with Gasteiger partial charge in [0.05, 0.1) is 18.4 Å². The SMILES string of the molecule is CCCCCCOC(=O)NC(C)OC(=O)[C@@H]1N2C(=O)C[C@H]2SC1(C)C. The van der Waals surface area contributed by atoms with Crippen molar-refractivity contribution in [2.24, 2.45) is 0 Å². The van der Waals surface area contributed by atoms with Gasteiger partial charge in [0.2, 0.25) is 5.91 Å². The molecule has 0 aromatic heterocycles. The van der Waals surface area contributed by atoms with Gasteiger partial charge in [-0.1, -0.05) is 26.2 Å². The second-order valence-electron chi connectivity index (χ2n) is 7.00. The Morgan fingerprint density at radius 2 is 2.08 bits per heavy atom. The summed E-state index contributed by atoms with van der Waals surface area (Å²) in [6.45, 7) is 7.89. The summed E-state index contributed by atoms with van der Waals surface area (Å²) in [5, 5.41) is 2.55. The van der Waals surface area contributed by atoms with E-state index >= 15 is 0 Å². The van der Waals surface area contributed by atoms with E-state index in [1.807, 2.05) is 13.8 Å². The van der Waals surface area contributed by atoms with E-state index in [1.165, 1.54) is 0 Å². The highest BCUT2D eigenvalue weighted by atomic mass is 32.2. The number of nitrogens with zero attached hydrogens (tertiary/aromatic N) is 1. The van der Waals surface area contributed by atoms with Crippen molar-refractivity contribution >= 4 is 29.7 Å². The maximum atomic E-state index is 12.5. The van der Waals surface area contributed by atoms with Crippen LogP contribution in [-0.2, 0) is 19.1 Å². The molecule has 2 aliphatic rings. The second kappa shape index (κ2) is 8.29. The molecule has 0 saturated carbocycles. The van der Waals surface area contributed by atoms with Gasteiger partial charge in [0.15, 0.2) is 6.23 Å². The lowest BCUT2D eigenvalue weighted by Gasteiger charge is -2.37. The average molecular weight is 372 g/mol. The van der Waals surface area contributed by atoms with Crippen molar-refractivity contribution in [2.45, 2.75) is 82.2 Å². The Bertz CT molecular complexity index is 525. The van der Waals surface area contributed by atoms with E-state index in [4.69, 9.17) is 9.47 Å². The van der Waals surface area contributed by atoms with Crippen molar-refractivity contribution in [2.75, 3.05) is 6.61 Å². The Kier molecular flexibility index (Phi) is 6.59. The number of fused-ring (bicyclic) bond motifs is 1. The molecule has 2 fully saturated rings. The van der Waals surface area contributed by atoms with Crippen molar-refractivity contribution < 1.29 is 23.9 Å². The predicted molar refractivity (Wildman–Crippen MR) is 94.9 cm³/mol. The third kappa shape index (κ3) is 4.80. The van der Waals surface area contributed by atoms with Crippen LogP contribution in [0.5, 0.6) is 0 Å². The van der Waals surface area contributed by atoms with Gasteiger partial charge in [-0.25, -0.2) is 9.59 Å². The number of esters is 1. The topological polar surface area (TPSA) is 84.9 Å². The van der Waals surface area contributed by atoms with Gasteiger partial charge in [0, 0.05) is 4.75 Å². The molecule has 0 radical (unpaired) electrons. The van der Waals surface area contributed by atoms with Crippen LogP contribution in [0.3, 0.4) is 0 Å². The zero-order valence-corrected chi connectivity index (χ0v) is 16.2. The Hall–Kier alpha value is -1.44. The van der Waals surface area contributed by atoms with Crippen LogP contribution in [0.4, 0.5) is 4.79 Å². The number of carbonyl (C=O) groups is 3. The molecule has 8 heteroatoms. The maximum Gasteiger partial charge on any atom is 0.409 e. The molecular weight excluding hydrogens is 344 g/mol. The first-order valence-electron chi connectivity index (χ1n) is 8.89. The molecule has 0 aliphatic carbocycles. The fraction of sp³-hybridized carbons (Fsp3) is 0.824. The lowest BCUT2D eigenvalue weighted by atomic mass is 9.98. The molecule has 1 unspecified atom stereocenters. The third-order valence-electron chi connectivity index (χ3n) is 4.39. The van der Waals surface area contributed by atoms with Crippen LogP contribution in [0.2, 0.25) is 0 Å². The summed E-state index contributed by atoms with van der Waals surface area (Å²) >= 11 is 1.61. The molecule has 0 aromatic carbocycles. The average Bonchev–Trinajstić information content (AvgIpc) is 2.72. The molecule has 2 rings (SSSR count). The Morgan fingerprint density at radius 3 is 2.72 bits per heavy atom. The number of nitrogens with one attached hydrogen (secondary N) is 1. The summed E-state index contributed by atoms with van der Waals surface area (Å²) in [7, 11) is 0. The van der Waals surface area contributed by atoms with Crippen molar-refractivity contribution in [1.29, 1.82) is 0 Å². The van der Waals surface area contributed by atoms with E-state index in [9.17, 15) is 14.4 Å². The summed E-state index contributed by atoms with van der Waals surface area (Å²) in [6, 6.07) is -0.627. The second-order valence-corrected chi connectivity index (χ2v) is 8.84. The number of alkyl carbamates (subject to hydrolysis) is 1. The van der Waals surface area contributed by atoms with E-state index in [2.05, 4.69) is 12.2 Å². The number of unbranched alkanes of at least 4 members (excludes halogenated alkanes) is 3. The molecule has 2 aliphatic heterocycles. The van der Waals surface area contributed by atoms with E-state index in [-0.39, 0.29) is 11.3 Å². The quantitative estimate of drug-likeness (QED) is 0.305. The number of hydrogen-bond donors (Lipinski definition) is 1. The van der Waals surface area contributed by atoms with Crippen LogP contribution in [0.15, 0.2) is 0 Å². The molecule has 2 heterocycles. The molecule has 1 N–H and O–H groups in total. The Labute approximate surface area is 153 Å². The minimum absolute atomic E-state index is 0.0304. The molecule has 2 saturated heterocycles. The molecule has 25 heavy (non-hydrogen) atoms. The monoisotopic (exact) mass is 372 g/mol. The maximum absolute atomic E-state index is 12.5. The van der Waals surface area contributed by atoms with E-state index < -0.39 is 29.1 Å². The van der Waals surface area contributed by atoms with Crippen molar-refractivity contribution in [1.82, 2.24) is 10.2 Å². The number of amides is 2. The summed E-state index contributed by atoms with van der Waals surface area (Å²) in [6.07, 6.45) is 3.13. The van der Waals surface area contributed by atoms with Crippen molar-refractivity contribution in [3.63, 3.8) is 0 Å². The highest BCUT2D eigenvalue weighted by molar-refractivity contribution is 8.01. The summed E-state index contributed by atoms with van der Waals surface area (Å²) in [5.74, 6) is -0.527.